The molecule has 0 amide bonds. The van der Waals surface area contributed by atoms with E-state index in [0.717, 1.165) is 35.1 Å². The molecule has 0 radical (unpaired) electrons. The van der Waals surface area contributed by atoms with Crippen LogP contribution in [0.25, 0.3) is 0 Å². The number of aryl methyl sites for hydroxylation is 2. The number of hydrogen-bond acceptors (Lipinski definition) is 5. The summed E-state index contributed by atoms with van der Waals surface area (Å²) in [6.45, 7) is 5.02. The quantitative estimate of drug-likeness (QED) is 0.359. The highest BCUT2D eigenvalue weighted by Crippen LogP contribution is 2.28. The average molecular weight is 269 g/mol. The predicted molar refractivity (Wildman–Crippen MR) is 74.6 cm³/mol. The van der Waals surface area contributed by atoms with E-state index in [2.05, 4.69) is 22.1 Å². The monoisotopic (exact) mass is 269 g/mol. The highest BCUT2D eigenvalue weighted by atomic mass is 32.2. The van der Waals surface area contributed by atoms with Gasteiger partial charge in [-0.3, -0.25) is 4.68 Å². The zero-order valence-corrected chi connectivity index (χ0v) is 11.7. The first-order valence-electron chi connectivity index (χ1n) is 5.92. The normalized spacial score (nSPS) is 21.4. The molecule has 1 atom stereocenters. The van der Waals surface area contributed by atoms with Crippen LogP contribution in [0.2, 0.25) is 0 Å². The minimum Gasteiger partial charge on any atom is -0.409 e. The van der Waals surface area contributed by atoms with Gasteiger partial charge in [-0.05, 0) is 13.8 Å². The molecule has 1 saturated heterocycles. The number of anilines is 1. The highest BCUT2D eigenvalue weighted by Gasteiger charge is 2.27. The van der Waals surface area contributed by atoms with Crippen LogP contribution < -0.4 is 10.6 Å². The Bertz CT molecular complexity index is 470. The van der Waals surface area contributed by atoms with Crippen LogP contribution in [0.5, 0.6) is 0 Å². The summed E-state index contributed by atoms with van der Waals surface area (Å²) in [7, 11) is 1.89. The molecular formula is C11H19N5OS. The van der Waals surface area contributed by atoms with Crippen molar-refractivity contribution in [3.8, 4) is 0 Å². The third-order valence-electron chi connectivity index (χ3n) is 3.20. The first-order chi connectivity index (χ1) is 8.56. The SMILES string of the molecule is Cc1nn(C)c(N2CCSCC2C)c1C(N)=NO. The molecule has 2 rings (SSSR count). The van der Waals surface area contributed by atoms with Crippen molar-refractivity contribution in [2.45, 2.75) is 19.9 Å². The predicted octanol–water partition coefficient (Wildman–Crippen LogP) is 0.765. The lowest BCUT2D eigenvalue weighted by atomic mass is 10.2. The fraction of sp³-hybridized carbons (Fsp3) is 0.636. The van der Waals surface area contributed by atoms with Crippen LogP contribution in [-0.2, 0) is 7.05 Å². The molecule has 18 heavy (non-hydrogen) atoms. The van der Waals surface area contributed by atoms with Gasteiger partial charge in [-0.15, -0.1) is 0 Å². The zero-order valence-electron chi connectivity index (χ0n) is 10.9. The molecule has 0 aliphatic carbocycles. The van der Waals surface area contributed by atoms with Crippen LogP contribution >= 0.6 is 11.8 Å². The second-order valence-electron chi connectivity index (χ2n) is 4.51. The van der Waals surface area contributed by atoms with Crippen LogP contribution in [0, 0.1) is 6.92 Å². The second kappa shape index (κ2) is 5.09. The van der Waals surface area contributed by atoms with E-state index in [9.17, 15) is 0 Å². The van der Waals surface area contributed by atoms with Gasteiger partial charge in [-0.25, -0.2) is 0 Å². The van der Waals surface area contributed by atoms with Crippen LogP contribution in [0.15, 0.2) is 5.16 Å². The van der Waals surface area contributed by atoms with Gasteiger partial charge >= 0.3 is 0 Å². The summed E-state index contributed by atoms with van der Waals surface area (Å²) in [4.78, 5) is 2.28. The molecule has 1 aromatic rings. The Morgan fingerprint density at radius 3 is 2.94 bits per heavy atom. The molecule has 0 spiro atoms. The summed E-state index contributed by atoms with van der Waals surface area (Å²) in [5.74, 6) is 3.24. The number of thioether (sulfide) groups is 1. The summed E-state index contributed by atoms with van der Waals surface area (Å²) >= 11 is 1.95. The molecule has 0 saturated carbocycles. The Balaban J connectivity index is 2.48. The molecule has 1 unspecified atom stereocenters. The lowest BCUT2D eigenvalue weighted by molar-refractivity contribution is 0.318. The lowest BCUT2D eigenvalue weighted by Gasteiger charge is -2.35. The van der Waals surface area contributed by atoms with E-state index in [1.807, 2.05) is 30.4 Å². The van der Waals surface area contributed by atoms with Gasteiger partial charge in [0.1, 0.15) is 5.82 Å². The molecule has 6 nitrogen and oxygen atoms in total. The van der Waals surface area contributed by atoms with E-state index in [0.29, 0.717) is 6.04 Å². The number of rotatable bonds is 2. The molecule has 100 valence electrons. The van der Waals surface area contributed by atoms with Gasteiger partial charge < -0.3 is 15.8 Å². The average Bonchev–Trinajstić information content (AvgIpc) is 2.64. The topological polar surface area (TPSA) is 79.7 Å². The summed E-state index contributed by atoms with van der Waals surface area (Å²) in [6, 6.07) is 0.420. The Hall–Kier alpha value is -1.37. The molecule has 1 aromatic heterocycles. The van der Waals surface area contributed by atoms with Crippen molar-refractivity contribution in [3.63, 3.8) is 0 Å². The molecule has 2 heterocycles. The Kier molecular flexibility index (Phi) is 3.70. The molecule has 1 aliphatic heterocycles. The van der Waals surface area contributed by atoms with E-state index in [4.69, 9.17) is 10.9 Å². The van der Waals surface area contributed by atoms with Gasteiger partial charge in [0.2, 0.25) is 0 Å². The zero-order chi connectivity index (χ0) is 13.3. The summed E-state index contributed by atoms with van der Waals surface area (Å²) < 4.78 is 1.81. The first kappa shape index (κ1) is 13.1. The Labute approximate surface area is 111 Å². The fourth-order valence-electron chi connectivity index (χ4n) is 2.37. The van der Waals surface area contributed by atoms with Crippen LogP contribution in [0.1, 0.15) is 18.2 Å². The number of hydrogen-bond donors (Lipinski definition) is 2. The summed E-state index contributed by atoms with van der Waals surface area (Å²) in [5.41, 5.74) is 7.30. The van der Waals surface area contributed by atoms with E-state index in [1.165, 1.54) is 0 Å². The minimum absolute atomic E-state index is 0.126. The van der Waals surface area contributed by atoms with Gasteiger partial charge in [0.15, 0.2) is 5.84 Å². The number of amidine groups is 1. The first-order valence-corrected chi connectivity index (χ1v) is 7.07. The van der Waals surface area contributed by atoms with Crippen molar-refractivity contribution < 1.29 is 5.21 Å². The molecule has 0 bridgehead atoms. The van der Waals surface area contributed by atoms with Gasteiger partial charge in [-0.1, -0.05) is 5.16 Å². The van der Waals surface area contributed by atoms with Crippen molar-refractivity contribution in [2.24, 2.45) is 17.9 Å². The maximum absolute atomic E-state index is 8.91. The molecule has 0 aromatic carbocycles. The van der Waals surface area contributed by atoms with E-state index >= 15 is 0 Å². The maximum Gasteiger partial charge on any atom is 0.175 e. The number of nitrogens with zero attached hydrogens (tertiary/aromatic N) is 4. The van der Waals surface area contributed by atoms with Crippen molar-refractivity contribution in [1.82, 2.24) is 9.78 Å². The number of aromatic nitrogens is 2. The van der Waals surface area contributed by atoms with Crippen LogP contribution in [0.3, 0.4) is 0 Å². The number of oxime groups is 1. The van der Waals surface area contributed by atoms with E-state index in [1.54, 1.807) is 0 Å². The largest absolute Gasteiger partial charge is 0.409 e. The van der Waals surface area contributed by atoms with Crippen LogP contribution in [0.4, 0.5) is 5.82 Å². The smallest absolute Gasteiger partial charge is 0.175 e. The van der Waals surface area contributed by atoms with Crippen LogP contribution in [-0.4, -0.2) is 44.9 Å². The second-order valence-corrected chi connectivity index (χ2v) is 5.66. The van der Waals surface area contributed by atoms with Gasteiger partial charge in [0.25, 0.3) is 0 Å². The van der Waals surface area contributed by atoms with Crippen molar-refractivity contribution in [1.29, 1.82) is 0 Å². The maximum atomic E-state index is 8.91. The van der Waals surface area contributed by atoms with Crippen molar-refractivity contribution >= 4 is 23.4 Å². The molecular weight excluding hydrogens is 250 g/mol. The third-order valence-corrected chi connectivity index (χ3v) is 4.38. The Morgan fingerprint density at radius 1 is 1.61 bits per heavy atom. The van der Waals surface area contributed by atoms with E-state index in [-0.39, 0.29) is 5.84 Å². The standard InChI is InChI=1S/C11H19N5OS/c1-7-6-18-5-4-16(7)11-9(10(12)14-17)8(2)13-15(11)3/h7,17H,4-6H2,1-3H3,(H2,12,14). The number of nitrogens with two attached hydrogens (primary N) is 1. The van der Waals surface area contributed by atoms with Gasteiger partial charge in [-0.2, -0.15) is 16.9 Å². The highest BCUT2D eigenvalue weighted by molar-refractivity contribution is 7.99. The minimum atomic E-state index is 0.126. The molecule has 3 N–H and O–H groups in total. The fourth-order valence-corrected chi connectivity index (χ4v) is 3.38. The molecule has 7 heteroatoms. The van der Waals surface area contributed by atoms with Gasteiger partial charge in [0.05, 0.1) is 11.3 Å². The van der Waals surface area contributed by atoms with Crippen molar-refractivity contribution in [2.75, 3.05) is 23.0 Å². The molecule has 1 aliphatic rings. The molecule has 1 fully saturated rings. The van der Waals surface area contributed by atoms with Crippen molar-refractivity contribution in [3.05, 3.63) is 11.3 Å². The summed E-state index contributed by atoms with van der Waals surface area (Å²) in [6.07, 6.45) is 0. The lowest BCUT2D eigenvalue weighted by Crippen LogP contribution is -2.42. The van der Waals surface area contributed by atoms with Gasteiger partial charge in [0, 0.05) is 31.1 Å². The summed E-state index contributed by atoms with van der Waals surface area (Å²) in [5, 5.41) is 16.4. The third kappa shape index (κ3) is 2.14. The van der Waals surface area contributed by atoms with E-state index < -0.39 is 0 Å². The Morgan fingerprint density at radius 2 is 2.33 bits per heavy atom.